The Kier molecular flexibility index (Phi) is 7.57. The van der Waals surface area contributed by atoms with E-state index in [2.05, 4.69) is 27.7 Å². The van der Waals surface area contributed by atoms with Gasteiger partial charge in [-0.3, -0.25) is 9.69 Å². The van der Waals surface area contributed by atoms with Crippen molar-refractivity contribution in [2.75, 3.05) is 19.6 Å². The van der Waals surface area contributed by atoms with Crippen molar-refractivity contribution in [3.8, 4) is 0 Å². The summed E-state index contributed by atoms with van der Waals surface area (Å²) in [7, 11) is 0. The molecule has 2 atom stereocenters. The van der Waals surface area contributed by atoms with E-state index in [9.17, 15) is 9.59 Å². The molecule has 28 heavy (non-hydrogen) atoms. The number of urea groups is 1. The van der Waals surface area contributed by atoms with E-state index >= 15 is 0 Å². The summed E-state index contributed by atoms with van der Waals surface area (Å²) in [5, 5.41) is 15.2. The fraction of sp³-hybridized carbons (Fsp3) is 0.619. The van der Waals surface area contributed by atoms with E-state index in [1.807, 2.05) is 12.1 Å². The van der Waals surface area contributed by atoms with Crippen LogP contribution in [0.1, 0.15) is 44.1 Å². The molecular weight excluding hydrogens is 378 g/mol. The van der Waals surface area contributed by atoms with E-state index in [-0.39, 0.29) is 25.0 Å². The molecule has 3 N–H and O–H groups in total. The van der Waals surface area contributed by atoms with Gasteiger partial charge in [-0.15, -0.1) is 0 Å². The maximum atomic E-state index is 12.0. The van der Waals surface area contributed by atoms with E-state index in [1.165, 1.54) is 18.4 Å². The van der Waals surface area contributed by atoms with E-state index in [0.29, 0.717) is 12.0 Å². The van der Waals surface area contributed by atoms with Gasteiger partial charge < -0.3 is 15.7 Å². The molecule has 6 nitrogen and oxygen atoms in total. The topological polar surface area (TPSA) is 81.7 Å². The molecule has 0 aromatic heterocycles. The van der Waals surface area contributed by atoms with Crippen LogP contribution in [0.3, 0.4) is 0 Å². The fourth-order valence-electron chi connectivity index (χ4n) is 4.49. The van der Waals surface area contributed by atoms with E-state index in [0.717, 1.165) is 43.8 Å². The highest BCUT2D eigenvalue weighted by molar-refractivity contribution is 6.30. The lowest BCUT2D eigenvalue weighted by molar-refractivity contribution is -0.136. The number of amides is 2. The second-order valence-corrected chi connectivity index (χ2v) is 8.40. The van der Waals surface area contributed by atoms with Crippen molar-refractivity contribution >= 4 is 23.6 Å². The summed E-state index contributed by atoms with van der Waals surface area (Å²) < 4.78 is 0. The van der Waals surface area contributed by atoms with Crippen LogP contribution in [-0.2, 0) is 11.2 Å². The van der Waals surface area contributed by atoms with Crippen molar-refractivity contribution in [3.05, 3.63) is 34.9 Å². The van der Waals surface area contributed by atoms with Crippen LogP contribution in [0.5, 0.6) is 0 Å². The molecule has 0 unspecified atom stereocenters. The highest BCUT2D eigenvalue weighted by Gasteiger charge is 2.34. The summed E-state index contributed by atoms with van der Waals surface area (Å²) in [6.45, 7) is 2.30. The molecule has 1 heterocycles. The smallest absolute Gasteiger partial charge is 0.315 e. The zero-order valence-electron chi connectivity index (χ0n) is 16.2. The molecule has 7 heteroatoms. The minimum Gasteiger partial charge on any atom is -0.481 e. The van der Waals surface area contributed by atoms with Crippen molar-refractivity contribution in [1.82, 2.24) is 15.5 Å². The van der Waals surface area contributed by atoms with E-state index < -0.39 is 5.97 Å². The predicted octanol–water partition coefficient (Wildman–Crippen LogP) is 3.29. The van der Waals surface area contributed by atoms with Gasteiger partial charge in [-0.05, 0) is 75.2 Å². The Balaban J connectivity index is 1.43. The standard InChI is InChI=1S/C21H30ClN3O3/c22-17-6-4-15(5-7-17)14-16-9-12-25(13-10-16)19-3-1-2-18(19)24-21(28)23-11-8-20(26)27/h4-7,16,18-19H,1-3,8-14H2,(H,26,27)(H2,23,24,28)/t18-,19-/m1/s1. The lowest BCUT2D eigenvalue weighted by Crippen LogP contribution is -2.53. The van der Waals surface area contributed by atoms with Gasteiger partial charge in [-0.2, -0.15) is 0 Å². The Bertz CT molecular complexity index is 659. The first-order valence-electron chi connectivity index (χ1n) is 10.3. The Morgan fingerprint density at radius 2 is 1.82 bits per heavy atom. The number of carboxylic acids is 1. The largest absolute Gasteiger partial charge is 0.481 e. The average molecular weight is 408 g/mol. The van der Waals surface area contributed by atoms with Gasteiger partial charge in [0, 0.05) is 23.7 Å². The molecule has 1 aliphatic carbocycles. The first-order valence-corrected chi connectivity index (χ1v) is 10.6. The quantitative estimate of drug-likeness (QED) is 0.647. The number of halogens is 1. The molecule has 154 valence electrons. The molecule has 1 saturated carbocycles. The van der Waals surface area contributed by atoms with Gasteiger partial charge in [0.25, 0.3) is 0 Å². The third kappa shape index (κ3) is 6.11. The second kappa shape index (κ2) is 10.1. The van der Waals surface area contributed by atoms with E-state index in [4.69, 9.17) is 16.7 Å². The van der Waals surface area contributed by atoms with Crippen LogP contribution in [0.4, 0.5) is 4.79 Å². The normalized spacial score (nSPS) is 23.5. The minimum absolute atomic E-state index is 0.0529. The molecule has 2 fully saturated rings. The zero-order chi connectivity index (χ0) is 19.9. The monoisotopic (exact) mass is 407 g/mol. The summed E-state index contributed by atoms with van der Waals surface area (Å²) in [5.41, 5.74) is 1.35. The molecule has 2 aliphatic rings. The molecule has 0 bridgehead atoms. The fourth-order valence-corrected chi connectivity index (χ4v) is 4.62. The highest BCUT2D eigenvalue weighted by Crippen LogP contribution is 2.30. The second-order valence-electron chi connectivity index (χ2n) is 7.96. The molecule has 1 aromatic carbocycles. The first-order chi connectivity index (χ1) is 13.5. The summed E-state index contributed by atoms with van der Waals surface area (Å²) in [6.07, 6.45) is 6.62. The number of hydrogen-bond donors (Lipinski definition) is 3. The van der Waals surface area contributed by atoms with Crippen molar-refractivity contribution in [3.63, 3.8) is 0 Å². The molecule has 0 spiro atoms. The van der Waals surface area contributed by atoms with Crippen LogP contribution in [0, 0.1) is 5.92 Å². The number of nitrogens with zero attached hydrogens (tertiary/aromatic N) is 1. The molecule has 1 aromatic rings. The van der Waals surface area contributed by atoms with Gasteiger partial charge >= 0.3 is 12.0 Å². The number of hydrogen-bond acceptors (Lipinski definition) is 3. The van der Waals surface area contributed by atoms with Crippen LogP contribution in [0.25, 0.3) is 0 Å². The Morgan fingerprint density at radius 3 is 2.50 bits per heavy atom. The lowest BCUT2D eigenvalue weighted by atomic mass is 9.89. The Morgan fingerprint density at radius 1 is 1.11 bits per heavy atom. The first kappa shape index (κ1) is 20.9. The van der Waals surface area contributed by atoms with Gasteiger partial charge in [0.05, 0.1) is 6.42 Å². The molecule has 1 aliphatic heterocycles. The van der Waals surface area contributed by atoms with E-state index in [1.54, 1.807) is 0 Å². The van der Waals surface area contributed by atoms with Gasteiger partial charge in [-0.25, -0.2) is 4.79 Å². The molecule has 3 rings (SSSR count). The third-order valence-electron chi connectivity index (χ3n) is 5.98. The number of likely N-dealkylation sites (tertiary alicyclic amines) is 1. The minimum atomic E-state index is -0.902. The van der Waals surface area contributed by atoms with Gasteiger partial charge in [0.2, 0.25) is 0 Å². The number of aliphatic carboxylic acids is 1. The number of carboxylic acid groups (broad SMARTS) is 1. The van der Waals surface area contributed by atoms with Crippen LogP contribution in [0.15, 0.2) is 24.3 Å². The zero-order valence-corrected chi connectivity index (χ0v) is 17.0. The van der Waals surface area contributed by atoms with Crippen LogP contribution in [-0.4, -0.2) is 53.7 Å². The van der Waals surface area contributed by atoms with Gasteiger partial charge in [0.1, 0.15) is 0 Å². The maximum Gasteiger partial charge on any atom is 0.315 e. The van der Waals surface area contributed by atoms with Crippen LogP contribution in [0.2, 0.25) is 5.02 Å². The summed E-state index contributed by atoms with van der Waals surface area (Å²) >= 11 is 5.97. The summed E-state index contributed by atoms with van der Waals surface area (Å²) in [5.74, 6) is -0.204. The number of carbonyl (C=O) groups excluding carboxylic acids is 1. The van der Waals surface area contributed by atoms with Gasteiger partial charge in [0.15, 0.2) is 0 Å². The number of piperidine rings is 1. The van der Waals surface area contributed by atoms with Crippen molar-refractivity contribution in [2.45, 2.75) is 57.0 Å². The van der Waals surface area contributed by atoms with Crippen LogP contribution >= 0.6 is 11.6 Å². The maximum absolute atomic E-state index is 12.0. The van der Waals surface area contributed by atoms with Crippen molar-refractivity contribution < 1.29 is 14.7 Å². The Hall–Kier alpha value is -1.79. The van der Waals surface area contributed by atoms with Gasteiger partial charge in [-0.1, -0.05) is 23.7 Å². The molecule has 1 saturated heterocycles. The molecule has 2 amide bonds. The van der Waals surface area contributed by atoms with Crippen molar-refractivity contribution in [1.29, 1.82) is 0 Å². The Labute approximate surface area is 171 Å². The predicted molar refractivity (Wildman–Crippen MR) is 110 cm³/mol. The number of carbonyl (C=O) groups is 2. The third-order valence-corrected chi connectivity index (χ3v) is 6.23. The van der Waals surface area contributed by atoms with Crippen molar-refractivity contribution in [2.24, 2.45) is 5.92 Å². The lowest BCUT2D eigenvalue weighted by Gasteiger charge is -2.38. The van der Waals surface area contributed by atoms with Crippen LogP contribution < -0.4 is 10.6 Å². The highest BCUT2D eigenvalue weighted by atomic mass is 35.5. The number of rotatable bonds is 7. The average Bonchev–Trinajstić information content (AvgIpc) is 3.12. The molecular formula is C21H30ClN3O3. The molecule has 0 radical (unpaired) electrons. The number of nitrogens with one attached hydrogen (secondary N) is 2. The number of benzene rings is 1. The summed E-state index contributed by atoms with van der Waals surface area (Å²) in [4.78, 5) is 25.1. The SMILES string of the molecule is O=C(O)CCNC(=O)N[C@@H]1CCC[C@H]1N1CCC(Cc2ccc(Cl)cc2)CC1. The summed E-state index contributed by atoms with van der Waals surface area (Å²) in [6, 6.07) is 8.45.